The summed E-state index contributed by atoms with van der Waals surface area (Å²) in [6.07, 6.45) is 11.5. The molecule has 0 aromatic carbocycles. The lowest BCUT2D eigenvalue weighted by Gasteiger charge is -1.86. The normalized spacial score (nSPS) is 17.6. The van der Waals surface area contributed by atoms with Crippen LogP contribution in [0.2, 0.25) is 0 Å². The van der Waals surface area contributed by atoms with Crippen molar-refractivity contribution in [2.45, 2.75) is 32.1 Å². The van der Waals surface area contributed by atoms with Crippen LogP contribution in [0.4, 0.5) is 0 Å². The molecule has 0 aromatic heterocycles. The van der Waals surface area contributed by atoms with Crippen LogP contribution in [0, 0.1) is 0 Å². The lowest BCUT2D eigenvalue weighted by molar-refractivity contribution is 0.275. The Morgan fingerprint density at radius 3 is 1.58 bits per heavy atom. The molecule has 0 fully saturated rings. The molecule has 0 spiro atoms. The summed E-state index contributed by atoms with van der Waals surface area (Å²) >= 11 is 0. The number of hydrogen-bond acceptors (Lipinski definition) is 1. The van der Waals surface area contributed by atoms with Gasteiger partial charge in [-0.25, -0.2) is 4.57 Å². The first-order chi connectivity index (χ1) is 5.50. The van der Waals surface area contributed by atoms with Crippen LogP contribution in [-0.2, 0) is 4.57 Å². The number of rotatable bonds is 0. The van der Waals surface area contributed by atoms with E-state index in [2.05, 4.69) is 12.2 Å². The van der Waals surface area contributed by atoms with Crippen molar-refractivity contribution in [3.8, 4) is 0 Å². The fourth-order valence-corrected chi connectivity index (χ4v) is 0.937. The summed E-state index contributed by atoms with van der Waals surface area (Å²) in [5, 5.41) is 0. The van der Waals surface area contributed by atoms with E-state index >= 15 is 0 Å². The Labute approximate surface area is 72.2 Å². The van der Waals surface area contributed by atoms with E-state index in [1.807, 2.05) is 0 Å². The van der Waals surface area contributed by atoms with Gasteiger partial charge in [0.05, 0.1) is 0 Å². The predicted molar refractivity (Wildman–Crippen MR) is 46.5 cm³/mol. The van der Waals surface area contributed by atoms with Crippen LogP contribution in [0.25, 0.3) is 0 Å². The van der Waals surface area contributed by atoms with Crippen LogP contribution < -0.4 is 0 Å². The van der Waals surface area contributed by atoms with Crippen LogP contribution in [0.1, 0.15) is 32.1 Å². The molecular formula is C7H15O4P. The molecular weight excluding hydrogens is 179 g/mol. The van der Waals surface area contributed by atoms with E-state index in [9.17, 15) is 0 Å². The lowest BCUT2D eigenvalue weighted by atomic mass is 10.2. The van der Waals surface area contributed by atoms with Gasteiger partial charge < -0.3 is 14.7 Å². The van der Waals surface area contributed by atoms with Crippen LogP contribution in [-0.4, -0.2) is 14.7 Å². The molecule has 12 heavy (non-hydrogen) atoms. The first kappa shape index (κ1) is 11.8. The third kappa shape index (κ3) is 16.4. The fourth-order valence-electron chi connectivity index (χ4n) is 0.937. The summed E-state index contributed by atoms with van der Waals surface area (Å²) in [6.45, 7) is 0. The van der Waals surface area contributed by atoms with E-state index in [1.165, 1.54) is 32.1 Å². The number of allylic oxidation sites excluding steroid dienone is 2. The molecule has 72 valence electrons. The largest absolute Gasteiger partial charge is 0.466 e. The summed E-state index contributed by atoms with van der Waals surface area (Å²) < 4.78 is 8.88. The van der Waals surface area contributed by atoms with Gasteiger partial charge in [-0.15, -0.1) is 0 Å². The molecule has 1 aliphatic carbocycles. The zero-order valence-electron chi connectivity index (χ0n) is 6.89. The van der Waals surface area contributed by atoms with Crippen molar-refractivity contribution in [3.05, 3.63) is 12.2 Å². The Hall–Kier alpha value is -0.150. The molecule has 1 aliphatic rings. The lowest BCUT2D eigenvalue weighted by Crippen LogP contribution is -1.67. The van der Waals surface area contributed by atoms with Crippen molar-refractivity contribution in [2.75, 3.05) is 0 Å². The van der Waals surface area contributed by atoms with Crippen LogP contribution in [0.3, 0.4) is 0 Å². The maximum Gasteiger partial charge on any atom is 0.466 e. The van der Waals surface area contributed by atoms with Gasteiger partial charge in [-0.1, -0.05) is 18.6 Å². The second kappa shape index (κ2) is 6.38. The highest BCUT2D eigenvalue weighted by Gasteiger charge is 2.00. The van der Waals surface area contributed by atoms with E-state index < -0.39 is 7.82 Å². The second-order valence-corrected chi connectivity index (χ2v) is 3.65. The van der Waals surface area contributed by atoms with Gasteiger partial charge in [-0.2, -0.15) is 0 Å². The zero-order chi connectivity index (χ0) is 9.45. The molecule has 0 radical (unpaired) electrons. The Bertz CT molecular complexity index is 156. The minimum absolute atomic E-state index is 1.32. The topological polar surface area (TPSA) is 77.8 Å². The Morgan fingerprint density at radius 2 is 1.25 bits per heavy atom. The molecule has 0 saturated heterocycles. The van der Waals surface area contributed by atoms with Crippen molar-refractivity contribution < 1.29 is 19.2 Å². The Kier molecular flexibility index (Phi) is 6.30. The highest BCUT2D eigenvalue weighted by molar-refractivity contribution is 7.45. The highest BCUT2D eigenvalue weighted by Crippen LogP contribution is 2.25. The molecule has 4 nitrogen and oxygen atoms in total. The average Bonchev–Trinajstić information content (AvgIpc) is 2.10. The molecule has 0 aliphatic heterocycles. The van der Waals surface area contributed by atoms with Crippen molar-refractivity contribution in [2.24, 2.45) is 0 Å². The second-order valence-electron chi connectivity index (χ2n) is 2.62. The molecule has 0 heterocycles. The zero-order valence-corrected chi connectivity index (χ0v) is 7.78. The fraction of sp³-hybridized carbons (Fsp3) is 0.714. The smallest absolute Gasteiger partial charge is 0.303 e. The summed E-state index contributed by atoms with van der Waals surface area (Å²) in [5.74, 6) is 0. The van der Waals surface area contributed by atoms with Crippen LogP contribution in [0.15, 0.2) is 12.2 Å². The summed E-state index contributed by atoms with van der Waals surface area (Å²) in [4.78, 5) is 21.6. The molecule has 0 bridgehead atoms. The van der Waals surface area contributed by atoms with Crippen LogP contribution >= 0.6 is 7.82 Å². The predicted octanol–water partition coefficient (Wildman–Crippen LogP) is 1.58. The van der Waals surface area contributed by atoms with Gasteiger partial charge in [-0.05, 0) is 25.7 Å². The molecule has 0 amide bonds. The molecule has 0 atom stereocenters. The third-order valence-corrected chi connectivity index (χ3v) is 1.41. The van der Waals surface area contributed by atoms with E-state index in [4.69, 9.17) is 19.2 Å². The first-order valence-corrected chi connectivity index (χ1v) is 5.50. The molecule has 1 rings (SSSR count). The van der Waals surface area contributed by atoms with E-state index in [0.29, 0.717) is 0 Å². The minimum Gasteiger partial charge on any atom is -0.303 e. The molecule has 5 heteroatoms. The highest BCUT2D eigenvalue weighted by atomic mass is 31.2. The van der Waals surface area contributed by atoms with E-state index in [0.717, 1.165) is 0 Å². The van der Waals surface area contributed by atoms with Crippen molar-refractivity contribution in [1.82, 2.24) is 0 Å². The van der Waals surface area contributed by atoms with Crippen LogP contribution in [0.5, 0.6) is 0 Å². The molecule has 0 aromatic rings. The monoisotopic (exact) mass is 194 g/mol. The van der Waals surface area contributed by atoms with Gasteiger partial charge in [0.1, 0.15) is 0 Å². The van der Waals surface area contributed by atoms with Gasteiger partial charge in [-0.3, -0.25) is 0 Å². The summed E-state index contributed by atoms with van der Waals surface area (Å²) in [7, 11) is -4.64. The third-order valence-electron chi connectivity index (χ3n) is 1.41. The van der Waals surface area contributed by atoms with Gasteiger partial charge >= 0.3 is 7.82 Å². The standard InChI is InChI=1S/C7H12.H3O4P/c1-2-4-6-7-5-3-1;1-5(2,3)4/h1-2H,3-7H2;(H3,1,2,3,4). The van der Waals surface area contributed by atoms with Gasteiger partial charge in [0.25, 0.3) is 0 Å². The quantitative estimate of drug-likeness (QED) is 0.404. The number of hydrogen-bond donors (Lipinski definition) is 3. The number of phosphoric acid groups is 1. The maximum absolute atomic E-state index is 8.88. The molecule has 0 unspecified atom stereocenters. The average molecular weight is 194 g/mol. The van der Waals surface area contributed by atoms with Crippen molar-refractivity contribution in [3.63, 3.8) is 0 Å². The van der Waals surface area contributed by atoms with Gasteiger partial charge in [0.2, 0.25) is 0 Å². The minimum atomic E-state index is -4.64. The van der Waals surface area contributed by atoms with E-state index in [1.54, 1.807) is 0 Å². The Morgan fingerprint density at radius 1 is 0.917 bits per heavy atom. The molecule has 0 saturated carbocycles. The van der Waals surface area contributed by atoms with Crippen molar-refractivity contribution >= 4 is 7.82 Å². The van der Waals surface area contributed by atoms with Crippen molar-refractivity contribution in [1.29, 1.82) is 0 Å². The SMILES string of the molecule is C1=CCCCCC1.O=P(O)(O)O. The van der Waals surface area contributed by atoms with Gasteiger partial charge in [0.15, 0.2) is 0 Å². The Balaban J connectivity index is 0.000000217. The maximum atomic E-state index is 8.88. The first-order valence-electron chi connectivity index (χ1n) is 3.93. The summed E-state index contributed by atoms with van der Waals surface area (Å²) in [5.41, 5.74) is 0. The summed E-state index contributed by atoms with van der Waals surface area (Å²) in [6, 6.07) is 0. The van der Waals surface area contributed by atoms with Gasteiger partial charge in [0, 0.05) is 0 Å². The van der Waals surface area contributed by atoms with E-state index in [-0.39, 0.29) is 0 Å². The molecule has 3 N–H and O–H groups in total.